The van der Waals surface area contributed by atoms with Crippen molar-refractivity contribution in [3.8, 4) is 11.4 Å². The molecule has 0 bridgehead atoms. The van der Waals surface area contributed by atoms with Crippen molar-refractivity contribution in [2.24, 2.45) is 11.7 Å². The lowest BCUT2D eigenvalue weighted by atomic mass is 10.1. The SMILES string of the molecule is CC(C)[C@@H](N)c1nc(-c2ccccc2Cl)no1. The summed E-state index contributed by atoms with van der Waals surface area (Å²) in [7, 11) is 0. The lowest BCUT2D eigenvalue weighted by Crippen LogP contribution is -2.16. The highest BCUT2D eigenvalue weighted by Crippen LogP contribution is 2.26. The molecular formula is C12H14ClN3O. The van der Waals surface area contributed by atoms with Gasteiger partial charge in [0.2, 0.25) is 11.7 Å². The lowest BCUT2D eigenvalue weighted by molar-refractivity contribution is 0.325. The third-order valence-corrected chi connectivity index (χ3v) is 2.89. The second kappa shape index (κ2) is 4.85. The van der Waals surface area contributed by atoms with Gasteiger partial charge < -0.3 is 10.3 Å². The zero-order chi connectivity index (χ0) is 12.4. The van der Waals surface area contributed by atoms with Gasteiger partial charge in [-0.05, 0) is 18.1 Å². The molecule has 0 spiro atoms. The summed E-state index contributed by atoms with van der Waals surface area (Å²) in [6, 6.07) is 7.11. The molecule has 0 aliphatic rings. The van der Waals surface area contributed by atoms with Crippen molar-refractivity contribution in [2.75, 3.05) is 0 Å². The topological polar surface area (TPSA) is 64.9 Å². The number of nitrogens with zero attached hydrogens (tertiary/aromatic N) is 2. The monoisotopic (exact) mass is 251 g/mol. The normalized spacial score (nSPS) is 13.0. The van der Waals surface area contributed by atoms with Crippen LogP contribution in [0.1, 0.15) is 25.8 Å². The van der Waals surface area contributed by atoms with Gasteiger partial charge in [0, 0.05) is 5.56 Å². The Morgan fingerprint density at radius 2 is 2.00 bits per heavy atom. The molecule has 0 amide bonds. The van der Waals surface area contributed by atoms with Gasteiger partial charge in [-0.1, -0.05) is 42.7 Å². The Morgan fingerprint density at radius 1 is 1.29 bits per heavy atom. The lowest BCUT2D eigenvalue weighted by Gasteiger charge is -2.09. The predicted octanol–water partition coefficient (Wildman–Crippen LogP) is 3.05. The summed E-state index contributed by atoms with van der Waals surface area (Å²) in [4.78, 5) is 4.28. The molecule has 1 aromatic heterocycles. The molecule has 0 saturated carbocycles. The fraction of sp³-hybridized carbons (Fsp3) is 0.333. The van der Waals surface area contributed by atoms with Gasteiger partial charge in [0.15, 0.2) is 0 Å². The van der Waals surface area contributed by atoms with Crippen LogP contribution in [0.5, 0.6) is 0 Å². The van der Waals surface area contributed by atoms with E-state index in [-0.39, 0.29) is 12.0 Å². The van der Waals surface area contributed by atoms with E-state index in [1.807, 2.05) is 32.0 Å². The van der Waals surface area contributed by atoms with Crippen molar-refractivity contribution >= 4 is 11.6 Å². The fourth-order valence-corrected chi connectivity index (χ4v) is 1.63. The van der Waals surface area contributed by atoms with Crippen LogP contribution in [0.2, 0.25) is 5.02 Å². The molecule has 1 aromatic carbocycles. The number of nitrogens with two attached hydrogens (primary N) is 1. The molecule has 0 radical (unpaired) electrons. The number of halogens is 1. The number of rotatable bonds is 3. The first-order chi connectivity index (χ1) is 8.09. The Morgan fingerprint density at radius 3 is 2.65 bits per heavy atom. The maximum atomic E-state index is 6.06. The molecule has 2 rings (SSSR count). The number of hydrogen-bond donors (Lipinski definition) is 1. The van der Waals surface area contributed by atoms with E-state index in [4.69, 9.17) is 21.9 Å². The minimum absolute atomic E-state index is 0.245. The second-order valence-electron chi connectivity index (χ2n) is 4.21. The van der Waals surface area contributed by atoms with Crippen LogP contribution in [0, 0.1) is 5.92 Å². The molecule has 90 valence electrons. The molecule has 0 aliphatic heterocycles. The summed E-state index contributed by atoms with van der Waals surface area (Å²) < 4.78 is 5.15. The third-order valence-electron chi connectivity index (χ3n) is 2.56. The van der Waals surface area contributed by atoms with E-state index in [1.54, 1.807) is 6.07 Å². The van der Waals surface area contributed by atoms with Gasteiger partial charge in [0.25, 0.3) is 0 Å². The smallest absolute Gasteiger partial charge is 0.244 e. The van der Waals surface area contributed by atoms with Crippen LogP contribution in [0.15, 0.2) is 28.8 Å². The molecule has 0 unspecified atom stereocenters. The Bertz CT molecular complexity index is 510. The van der Waals surface area contributed by atoms with Crippen molar-refractivity contribution < 1.29 is 4.52 Å². The molecule has 0 fully saturated rings. The first kappa shape index (κ1) is 12.1. The van der Waals surface area contributed by atoms with Gasteiger partial charge in [-0.2, -0.15) is 4.98 Å². The Balaban J connectivity index is 2.34. The Labute approximate surface area is 105 Å². The molecule has 17 heavy (non-hydrogen) atoms. The van der Waals surface area contributed by atoms with Crippen LogP contribution < -0.4 is 5.73 Å². The van der Waals surface area contributed by atoms with Crippen LogP contribution in [-0.4, -0.2) is 10.1 Å². The molecule has 2 aromatic rings. The van der Waals surface area contributed by atoms with Gasteiger partial charge in [0.05, 0.1) is 11.1 Å². The van der Waals surface area contributed by atoms with Crippen LogP contribution in [0.4, 0.5) is 0 Å². The van der Waals surface area contributed by atoms with Crippen molar-refractivity contribution in [1.29, 1.82) is 0 Å². The van der Waals surface area contributed by atoms with Crippen molar-refractivity contribution in [3.05, 3.63) is 35.2 Å². The average molecular weight is 252 g/mol. The van der Waals surface area contributed by atoms with E-state index >= 15 is 0 Å². The zero-order valence-corrected chi connectivity index (χ0v) is 10.5. The largest absolute Gasteiger partial charge is 0.337 e. The first-order valence-electron chi connectivity index (χ1n) is 5.43. The van der Waals surface area contributed by atoms with Crippen LogP contribution in [0.25, 0.3) is 11.4 Å². The maximum Gasteiger partial charge on any atom is 0.244 e. The van der Waals surface area contributed by atoms with E-state index in [9.17, 15) is 0 Å². The summed E-state index contributed by atoms with van der Waals surface area (Å²) in [5.74, 6) is 1.16. The summed E-state index contributed by atoms with van der Waals surface area (Å²) >= 11 is 6.06. The first-order valence-corrected chi connectivity index (χ1v) is 5.81. The number of hydrogen-bond acceptors (Lipinski definition) is 4. The maximum absolute atomic E-state index is 6.06. The molecule has 2 N–H and O–H groups in total. The van der Waals surface area contributed by atoms with Crippen molar-refractivity contribution in [2.45, 2.75) is 19.9 Å². The minimum atomic E-state index is -0.251. The quantitative estimate of drug-likeness (QED) is 0.911. The minimum Gasteiger partial charge on any atom is -0.337 e. The van der Waals surface area contributed by atoms with Gasteiger partial charge >= 0.3 is 0 Å². The molecule has 5 heteroatoms. The number of benzene rings is 1. The van der Waals surface area contributed by atoms with Crippen molar-refractivity contribution in [3.63, 3.8) is 0 Å². The summed E-state index contributed by atoms with van der Waals surface area (Å²) in [6.45, 7) is 4.01. The van der Waals surface area contributed by atoms with E-state index in [1.165, 1.54) is 0 Å². The highest BCUT2D eigenvalue weighted by molar-refractivity contribution is 6.33. The Kier molecular flexibility index (Phi) is 3.45. The number of aromatic nitrogens is 2. The summed E-state index contributed by atoms with van der Waals surface area (Å²) in [5.41, 5.74) is 6.69. The van der Waals surface area contributed by atoms with Gasteiger partial charge in [-0.25, -0.2) is 0 Å². The van der Waals surface area contributed by atoms with E-state index < -0.39 is 0 Å². The fourth-order valence-electron chi connectivity index (χ4n) is 1.41. The van der Waals surface area contributed by atoms with Gasteiger partial charge in [-0.3, -0.25) is 0 Å². The second-order valence-corrected chi connectivity index (χ2v) is 4.61. The standard InChI is InChI=1S/C12H14ClN3O/c1-7(2)10(14)12-15-11(16-17-12)8-5-3-4-6-9(8)13/h3-7,10H,14H2,1-2H3/t10-/m1/s1. The molecule has 4 nitrogen and oxygen atoms in total. The van der Waals surface area contributed by atoms with Gasteiger partial charge in [0.1, 0.15) is 0 Å². The van der Waals surface area contributed by atoms with Crippen molar-refractivity contribution in [1.82, 2.24) is 10.1 Å². The van der Waals surface area contributed by atoms with E-state index in [0.717, 1.165) is 5.56 Å². The third kappa shape index (κ3) is 2.48. The Hall–Kier alpha value is -1.39. The predicted molar refractivity (Wildman–Crippen MR) is 66.5 cm³/mol. The molecular weight excluding hydrogens is 238 g/mol. The molecule has 1 heterocycles. The molecule has 1 atom stereocenters. The van der Waals surface area contributed by atoms with Crippen LogP contribution >= 0.6 is 11.6 Å². The highest BCUT2D eigenvalue weighted by atomic mass is 35.5. The molecule has 0 aliphatic carbocycles. The van der Waals surface area contributed by atoms with Crippen LogP contribution in [-0.2, 0) is 0 Å². The molecule has 0 saturated heterocycles. The van der Waals surface area contributed by atoms with Gasteiger partial charge in [-0.15, -0.1) is 0 Å². The average Bonchev–Trinajstić information content (AvgIpc) is 2.77. The highest BCUT2D eigenvalue weighted by Gasteiger charge is 2.19. The van der Waals surface area contributed by atoms with Crippen LogP contribution in [0.3, 0.4) is 0 Å². The summed E-state index contributed by atoms with van der Waals surface area (Å²) in [5, 5.41) is 4.50. The van der Waals surface area contributed by atoms with E-state index in [0.29, 0.717) is 16.7 Å². The zero-order valence-electron chi connectivity index (χ0n) is 9.72. The summed E-state index contributed by atoms with van der Waals surface area (Å²) in [6.07, 6.45) is 0. The van der Waals surface area contributed by atoms with E-state index in [2.05, 4.69) is 10.1 Å².